The van der Waals surface area contributed by atoms with Gasteiger partial charge in [-0.25, -0.2) is 8.42 Å². The molecule has 108 valence electrons. The van der Waals surface area contributed by atoms with E-state index in [1.54, 1.807) is 0 Å². The maximum Gasteiger partial charge on any atom is 0.151 e. The minimum absolute atomic E-state index is 0.313. The highest BCUT2D eigenvalue weighted by Gasteiger charge is 2.27. The number of rotatable bonds is 7. The topological polar surface area (TPSA) is 49.4 Å². The summed E-state index contributed by atoms with van der Waals surface area (Å²) in [5, 5.41) is 3.30. The second kappa shape index (κ2) is 7.46. The van der Waals surface area contributed by atoms with Crippen LogP contribution in [0.3, 0.4) is 0 Å². The Morgan fingerprint density at radius 2 is 2.06 bits per heavy atom. The molecule has 0 aliphatic carbocycles. The van der Waals surface area contributed by atoms with E-state index in [-0.39, 0.29) is 0 Å². The molecular weight excluding hydrogens is 248 g/mol. The summed E-state index contributed by atoms with van der Waals surface area (Å²) in [6.45, 7) is 5.84. The quantitative estimate of drug-likeness (QED) is 0.761. The van der Waals surface area contributed by atoms with Gasteiger partial charge in [0, 0.05) is 24.4 Å². The Morgan fingerprint density at radius 3 is 2.67 bits per heavy atom. The van der Waals surface area contributed by atoms with Crippen LogP contribution < -0.4 is 5.32 Å². The van der Waals surface area contributed by atoms with Gasteiger partial charge in [-0.15, -0.1) is 0 Å². The molecule has 1 aliphatic rings. The smallest absolute Gasteiger partial charge is 0.151 e. The first kappa shape index (κ1) is 15.9. The van der Waals surface area contributed by atoms with Crippen LogP contribution in [0.1, 0.15) is 39.5 Å². The molecule has 0 spiro atoms. The molecule has 1 saturated heterocycles. The number of nitrogens with zero attached hydrogens (tertiary/aromatic N) is 1. The highest BCUT2D eigenvalue weighted by Crippen LogP contribution is 2.19. The lowest BCUT2D eigenvalue weighted by Crippen LogP contribution is -2.51. The van der Waals surface area contributed by atoms with Crippen molar-refractivity contribution >= 4 is 9.84 Å². The van der Waals surface area contributed by atoms with E-state index in [1.165, 1.54) is 19.3 Å². The van der Waals surface area contributed by atoms with Gasteiger partial charge in [-0.2, -0.15) is 0 Å². The van der Waals surface area contributed by atoms with Gasteiger partial charge in [-0.05, 0) is 39.8 Å². The van der Waals surface area contributed by atoms with Crippen LogP contribution >= 0.6 is 0 Å². The van der Waals surface area contributed by atoms with Crippen molar-refractivity contribution in [3.63, 3.8) is 0 Å². The molecule has 1 fully saturated rings. The van der Waals surface area contributed by atoms with Crippen LogP contribution in [-0.4, -0.2) is 57.0 Å². The summed E-state index contributed by atoms with van der Waals surface area (Å²) in [7, 11) is -0.871. The monoisotopic (exact) mass is 276 g/mol. The number of hydrogen-bond acceptors (Lipinski definition) is 4. The summed E-state index contributed by atoms with van der Waals surface area (Å²) in [4.78, 5) is 2.36. The predicted octanol–water partition coefficient (Wildman–Crippen LogP) is 1.27. The molecule has 1 N–H and O–H groups in total. The van der Waals surface area contributed by atoms with E-state index >= 15 is 0 Å². The van der Waals surface area contributed by atoms with Crippen molar-refractivity contribution < 1.29 is 8.42 Å². The molecule has 18 heavy (non-hydrogen) atoms. The van der Waals surface area contributed by atoms with Gasteiger partial charge in [0.15, 0.2) is 9.84 Å². The molecule has 0 aromatic carbocycles. The molecule has 1 rings (SSSR count). The van der Waals surface area contributed by atoms with Crippen LogP contribution in [0.4, 0.5) is 0 Å². The molecule has 0 aromatic heterocycles. The maximum absolute atomic E-state index is 11.8. The molecule has 1 aliphatic heterocycles. The Bertz CT molecular complexity index is 330. The van der Waals surface area contributed by atoms with E-state index in [0.29, 0.717) is 30.1 Å². The van der Waals surface area contributed by atoms with Crippen molar-refractivity contribution in [2.75, 3.05) is 31.6 Å². The normalized spacial score (nSPS) is 24.1. The number of nitrogens with one attached hydrogen (secondary N) is 1. The Balaban J connectivity index is 2.52. The van der Waals surface area contributed by atoms with Crippen molar-refractivity contribution in [3.8, 4) is 0 Å². The van der Waals surface area contributed by atoms with Crippen LogP contribution in [0.2, 0.25) is 0 Å². The third-order valence-corrected chi connectivity index (χ3v) is 5.74. The number of likely N-dealkylation sites (N-methyl/N-ethyl adjacent to an activating group) is 1. The molecule has 4 nitrogen and oxygen atoms in total. The first-order valence-electron chi connectivity index (χ1n) is 7.12. The zero-order valence-corrected chi connectivity index (χ0v) is 12.8. The fourth-order valence-corrected chi connectivity index (χ4v) is 4.06. The van der Waals surface area contributed by atoms with Crippen LogP contribution in [0.15, 0.2) is 0 Å². The average Bonchev–Trinajstić information content (AvgIpc) is 2.36. The summed E-state index contributed by atoms with van der Waals surface area (Å²) in [6.07, 6.45) is 4.35. The molecule has 0 saturated carbocycles. The van der Waals surface area contributed by atoms with Gasteiger partial charge in [0.2, 0.25) is 0 Å². The largest absolute Gasteiger partial charge is 0.316 e. The SMILES string of the molecule is CCCS(=O)(=O)CCN1CCCCC1C(C)NC. The van der Waals surface area contributed by atoms with Crippen molar-refractivity contribution in [1.82, 2.24) is 10.2 Å². The minimum Gasteiger partial charge on any atom is -0.316 e. The Labute approximate surface area is 112 Å². The Kier molecular flexibility index (Phi) is 6.60. The van der Waals surface area contributed by atoms with Gasteiger partial charge in [0.25, 0.3) is 0 Å². The van der Waals surface area contributed by atoms with Crippen molar-refractivity contribution in [2.45, 2.75) is 51.6 Å². The van der Waals surface area contributed by atoms with E-state index in [9.17, 15) is 8.42 Å². The van der Waals surface area contributed by atoms with Crippen LogP contribution in [-0.2, 0) is 9.84 Å². The third-order valence-electron chi connectivity index (χ3n) is 3.90. The van der Waals surface area contributed by atoms with Crippen molar-refractivity contribution in [3.05, 3.63) is 0 Å². The molecule has 0 amide bonds. The lowest BCUT2D eigenvalue weighted by atomic mass is 9.97. The molecule has 2 atom stereocenters. The van der Waals surface area contributed by atoms with Gasteiger partial charge in [-0.3, -0.25) is 4.90 Å². The fourth-order valence-electron chi connectivity index (χ4n) is 2.72. The molecule has 0 aromatic rings. The summed E-state index contributed by atoms with van der Waals surface area (Å²) in [5.41, 5.74) is 0. The Hall–Kier alpha value is -0.130. The first-order valence-corrected chi connectivity index (χ1v) is 8.94. The zero-order valence-electron chi connectivity index (χ0n) is 12.0. The number of sulfone groups is 1. The van der Waals surface area contributed by atoms with Gasteiger partial charge >= 0.3 is 0 Å². The van der Waals surface area contributed by atoms with Crippen molar-refractivity contribution in [2.24, 2.45) is 0 Å². The Morgan fingerprint density at radius 1 is 1.33 bits per heavy atom. The zero-order chi connectivity index (χ0) is 13.6. The molecule has 2 unspecified atom stereocenters. The highest BCUT2D eigenvalue weighted by molar-refractivity contribution is 7.91. The number of piperidine rings is 1. The maximum atomic E-state index is 11.8. The van der Waals surface area contributed by atoms with Crippen LogP contribution in [0.5, 0.6) is 0 Å². The number of likely N-dealkylation sites (tertiary alicyclic amines) is 1. The predicted molar refractivity (Wildman–Crippen MR) is 76.7 cm³/mol. The van der Waals surface area contributed by atoms with Crippen LogP contribution in [0, 0.1) is 0 Å². The summed E-state index contributed by atoms with van der Waals surface area (Å²) in [5.74, 6) is 0.640. The second-order valence-corrected chi connectivity index (χ2v) is 7.63. The lowest BCUT2D eigenvalue weighted by molar-refractivity contribution is 0.129. The van der Waals surface area contributed by atoms with Gasteiger partial charge < -0.3 is 5.32 Å². The van der Waals surface area contributed by atoms with Crippen LogP contribution in [0.25, 0.3) is 0 Å². The fraction of sp³-hybridized carbons (Fsp3) is 1.00. The summed E-state index contributed by atoms with van der Waals surface area (Å²) in [6, 6.07) is 0.916. The van der Waals surface area contributed by atoms with Gasteiger partial charge in [-0.1, -0.05) is 13.3 Å². The summed E-state index contributed by atoms with van der Waals surface area (Å²) < 4.78 is 23.6. The molecule has 0 bridgehead atoms. The molecule has 0 radical (unpaired) electrons. The molecular formula is C13H28N2O2S. The molecule has 5 heteroatoms. The third kappa shape index (κ3) is 4.86. The van der Waals surface area contributed by atoms with Gasteiger partial charge in [0.1, 0.15) is 0 Å². The van der Waals surface area contributed by atoms with Crippen molar-refractivity contribution in [1.29, 1.82) is 0 Å². The average molecular weight is 276 g/mol. The minimum atomic E-state index is -2.85. The standard InChI is InChI=1S/C13H28N2O2S/c1-4-10-18(16,17)11-9-15-8-6-5-7-13(15)12(2)14-3/h12-14H,4-11H2,1-3H3. The van der Waals surface area contributed by atoms with E-state index in [4.69, 9.17) is 0 Å². The van der Waals surface area contributed by atoms with Gasteiger partial charge in [0.05, 0.1) is 5.75 Å². The van der Waals surface area contributed by atoms with E-state index < -0.39 is 9.84 Å². The van der Waals surface area contributed by atoms with E-state index in [0.717, 1.165) is 13.0 Å². The lowest BCUT2D eigenvalue weighted by Gasteiger charge is -2.39. The highest BCUT2D eigenvalue weighted by atomic mass is 32.2. The second-order valence-electron chi connectivity index (χ2n) is 5.33. The van der Waals surface area contributed by atoms with E-state index in [1.807, 2.05) is 14.0 Å². The molecule has 1 heterocycles. The number of hydrogen-bond donors (Lipinski definition) is 1. The first-order chi connectivity index (χ1) is 8.50. The summed E-state index contributed by atoms with van der Waals surface area (Å²) >= 11 is 0. The van der Waals surface area contributed by atoms with E-state index in [2.05, 4.69) is 17.1 Å².